The minimum atomic E-state index is -0.565. The number of hydrogen-bond donors (Lipinski definition) is 2. The lowest BCUT2D eigenvalue weighted by Crippen LogP contribution is -2.13. The van der Waals surface area contributed by atoms with Crippen LogP contribution in [0.25, 0.3) is 0 Å². The number of nitrogen functional groups attached to an aromatic ring is 1. The molecule has 9 nitrogen and oxygen atoms in total. The average molecular weight is 328 g/mol. The molecule has 10 heteroatoms. The Balaban J connectivity index is 2.28. The van der Waals surface area contributed by atoms with E-state index in [4.69, 9.17) is 5.84 Å². The second kappa shape index (κ2) is 5.28. The lowest BCUT2D eigenvalue weighted by atomic mass is 10.4. The largest absolute Gasteiger partial charge is 0.404 e. The molecule has 0 aliphatic carbocycles. The summed E-state index contributed by atoms with van der Waals surface area (Å²) in [5.41, 5.74) is 3.17. The smallest absolute Gasteiger partial charge is 0.358 e. The van der Waals surface area contributed by atoms with Crippen LogP contribution in [0.2, 0.25) is 0 Å². The van der Waals surface area contributed by atoms with Gasteiger partial charge in [0, 0.05) is 11.8 Å². The minimum Gasteiger partial charge on any atom is -0.358 e. The van der Waals surface area contributed by atoms with Crippen molar-refractivity contribution in [3.8, 4) is 0 Å². The molecule has 0 atom stereocenters. The highest BCUT2D eigenvalue weighted by atomic mass is 79.9. The van der Waals surface area contributed by atoms with E-state index in [0.717, 1.165) is 5.69 Å². The number of aryl methyl sites for hydroxylation is 1. The Morgan fingerprint density at radius 1 is 1.58 bits per heavy atom. The maximum absolute atomic E-state index is 10.7. The molecule has 2 aromatic rings. The molecule has 0 fully saturated rings. The first-order valence-corrected chi connectivity index (χ1v) is 5.97. The van der Waals surface area contributed by atoms with Gasteiger partial charge in [-0.2, -0.15) is 4.68 Å². The van der Waals surface area contributed by atoms with E-state index >= 15 is 0 Å². The summed E-state index contributed by atoms with van der Waals surface area (Å²) in [6.45, 7) is 2.01. The van der Waals surface area contributed by atoms with Crippen LogP contribution in [-0.4, -0.2) is 24.7 Å². The summed E-state index contributed by atoms with van der Waals surface area (Å²) in [4.78, 5) is 18.5. The predicted molar refractivity (Wildman–Crippen MR) is 70.3 cm³/mol. The zero-order valence-corrected chi connectivity index (χ0v) is 11.5. The minimum absolute atomic E-state index is 0.211. The van der Waals surface area contributed by atoms with Crippen molar-refractivity contribution < 1.29 is 4.92 Å². The van der Waals surface area contributed by atoms with Crippen LogP contribution < -0.4 is 11.3 Å². The number of nitrogens with two attached hydrogens (primary N) is 1. The Bertz CT molecular complexity index is 627. The fourth-order valence-electron chi connectivity index (χ4n) is 1.51. The van der Waals surface area contributed by atoms with Gasteiger partial charge in [0.2, 0.25) is 0 Å². The normalized spacial score (nSPS) is 10.5. The van der Waals surface area contributed by atoms with Crippen molar-refractivity contribution in [1.29, 1.82) is 0 Å². The molecule has 0 bridgehead atoms. The molecule has 2 rings (SSSR count). The topological polar surface area (TPSA) is 125 Å². The van der Waals surface area contributed by atoms with Gasteiger partial charge in [-0.05, 0) is 27.8 Å². The Morgan fingerprint density at radius 2 is 2.32 bits per heavy atom. The average Bonchev–Trinajstić information content (AvgIpc) is 2.69. The molecule has 0 saturated heterocycles. The summed E-state index contributed by atoms with van der Waals surface area (Å²) in [6, 6.07) is 1.69. The van der Waals surface area contributed by atoms with Gasteiger partial charge < -0.3 is 15.5 Å². The van der Waals surface area contributed by atoms with E-state index in [2.05, 4.69) is 36.4 Å². The van der Waals surface area contributed by atoms with E-state index in [1.165, 1.54) is 10.9 Å². The lowest BCUT2D eigenvalue weighted by Gasteiger charge is -2.03. The molecule has 0 unspecified atom stereocenters. The molecular formula is C9H10BrN7O2. The van der Waals surface area contributed by atoms with Crippen molar-refractivity contribution in [3.63, 3.8) is 0 Å². The third kappa shape index (κ3) is 3.03. The maximum atomic E-state index is 10.7. The van der Waals surface area contributed by atoms with Gasteiger partial charge in [0.15, 0.2) is 5.82 Å². The second-order valence-electron chi connectivity index (χ2n) is 3.71. The Labute approximate surface area is 116 Å². The van der Waals surface area contributed by atoms with E-state index in [9.17, 15) is 10.1 Å². The molecule has 0 spiro atoms. The molecule has 0 aromatic carbocycles. The molecule has 0 aliphatic heterocycles. The molecule has 19 heavy (non-hydrogen) atoms. The molecule has 2 heterocycles. The number of aromatic nitrogens is 4. The van der Waals surface area contributed by atoms with Crippen molar-refractivity contribution in [2.24, 2.45) is 5.84 Å². The van der Waals surface area contributed by atoms with Gasteiger partial charge in [0.05, 0.1) is 11.3 Å². The Hall–Kier alpha value is -2.07. The van der Waals surface area contributed by atoms with Gasteiger partial charge >= 0.3 is 5.82 Å². The monoisotopic (exact) mass is 327 g/mol. The van der Waals surface area contributed by atoms with Crippen LogP contribution in [0.1, 0.15) is 11.5 Å². The fraction of sp³-hybridized carbons (Fsp3) is 0.222. The number of hydrogen-bond acceptors (Lipinski definition) is 7. The highest BCUT2D eigenvalue weighted by Crippen LogP contribution is 2.22. The quantitative estimate of drug-likeness (QED) is 0.487. The van der Waals surface area contributed by atoms with Crippen LogP contribution in [0, 0.1) is 17.0 Å². The number of nitro groups is 1. The number of nitrogens with zero attached hydrogens (tertiary/aromatic N) is 5. The van der Waals surface area contributed by atoms with Gasteiger partial charge in [-0.15, -0.1) is 0 Å². The van der Waals surface area contributed by atoms with Crippen LogP contribution in [0.15, 0.2) is 16.7 Å². The molecule has 0 radical (unpaired) electrons. The van der Waals surface area contributed by atoms with E-state index < -0.39 is 4.92 Å². The van der Waals surface area contributed by atoms with E-state index in [0.29, 0.717) is 16.1 Å². The van der Waals surface area contributed by atoms with Crippen molar-refractivity contribution in [2.45, 2.75) is 13.5 Å². The molecule has 2 aromatic heterocycles. The molecule has 0 amide bonds. The van der Waals surface area contributed by atoms with Gasteiger partial charge in [0.25, 0.3) is 0 Å². The van der Waals surface area contributed by atoms with Crippen molar-refractivity contribution in [3.05, 3.63) is 38.4 Å². The molecule has 100 valence electrons. The van der Waals surface area contributed by atoms with Gasteiger partial charge in [-0.1, -0.05) is 0 Å². The van der Waals surface area contributed by atoms with Crippen LogP contribution in [0.5, 0.6) is 0 Å². The number of anilines is 1. The molecule has 0 aliphatic rings. The van der Waals surface area contributed by atoms with Crippen molar-refractivity contribution in [2.75, 3.05) is 5.43 Å². The van der Waals surface area contributed by atoms with Gasteiger partial charge in [-0.3, -0.25) is 0 Å². The van der Waals surface area contributed by atoms with Crippen LogP contribution >= 0.6 is 15.9 Å². The fourth-order valence-corrected chi connectivity index (χ4v) is 1.97. The van der Waals surface area contributed by atoms with E-state index in [1.54, 1.807) is 13.0 Å². The second-order valence-corrected chi connectivity index (χ2v) is 4.56. The SMILES string of the molecule is Cc1cc(NN)nc(Cn2cc(Br)c([N+](=O)[O-])n2)n1. The van der Waals surface area contributed by atoms with Crippen LogP contribution in [0.4, 0.5) is 11.6 Å². The first-order chi connectivity index (χ1) is 8.99. The highest BCUT2D eigenvalue weighted by molar-refractivity contribution is 9.10. The first-order valence-electron chi connectivity index (χ1n) is 5.18. The number of halogens is 1. The van der Waals surface area contributed by atoms with Crippen molar-refractivity contribution >= 4 is 27.6 Å². The first kappa shape index (κ1) is 13.4. The van der Waals surface area contributed by atoms with E-state index in [-0.39, 0.29) is 12.4 Å². The van der Waals surface area contributed by atoms with Crippen molar-refractivity contribution in [1.82, 2.24) is 19.7 Å². The summed E-state index contributed by atoms with van der Waals surface area (Å²) in [7, 11) is 0. The molecule has 3 N–H and O–H groups in total. The Kier molecular flexibility index (Phi) is 3.71. The summed E-state index contributed by atoms with van der Waals surface area (Å²) >= 11 is 3.08. The molecular weight excluding hydrogens is 318 g/mol. The van der Waals surface area contributed by atoms with Gasteiger partial charge in [0.1, 0.15) is 16.8 Å². The highest BCUT2D eigenvalue weighted by Gasteiger charge is 2.19. The maximum Gasteiger partial charge on any atom is 0.404 e. The third-order valence-electron chi connectivity index (χ3n) is 2.22. The number of hydrazine groups is 1. The summed E-state index contributed by atoms with van der Waals surface area (Å²) in [6.07, 6.45) is 1.50. The number of nitrogens with one attached hydrogen (secondary N) is 1. The Morgan fingerprint density at radius 3 is 2.89 bits per heavy atom. The standard InChI is InChI=1S/C9H10BrN7O2/c1-5-2-7(14-11)13-8(12-5)4-16-3-6(10)9(15-16)17(18)19/h2-3H,4,11H2,1H3,(H,12,13,14). The summed E-state index contributed by atoms with van der Waals surface area (Å²) < 4.78 is 1.69. The molecule has 0 saturated carbocycles. The van der Waals surface area contributed by atoms with Crippen LogP contribution in [-0.2, 0) is 6.54 Å². The van der Waals surface area contributed by atoms with Gasteiger partial charge in [-0.25, -0.2) is 15.8 Å². The zero-order valence-electron chi connectivity index (χ0n) is 9.87. The van der Waals surface area contributed by atoms with E-state index in [1.807, 2.05) is 0 Å². The number of rotatable bonds is 4. The predicted octanol–water partition coefficient (Wildman–Crippen LogP) is 0.986. The summed E-state index contributed by atoms with van der Waals surface area (Å²) in [5, 5.41) is 14.5. The zero-order chi connectivity index (χ0) is 14.0. The third-order valence-corrected chi connectivity index (χ3v) is 2.78. The lowest BCUT2D eigenvalue weighted by molar-refractivity contribution is -0.390. The van der Waals surface area contributed by atoms with Crippen LogP contribution in [0.3, 0.4) is 0 Å². The summed E-state index contributed by atoms with van der Waals surface area (Å²) in [5.74, 6) is 5.98.